The number of esters is 2. The largest absolute Gasteiger partial charge is 2.00 e. The van der Waals surface area contributed by atoms with Gasteiger partial charge in [-0.25, -0.2) is 26.3 Å². The Morgan fingerprint density at radius 2 is 0.556 bits per heavy atom. The highest BCUT2D eigenvalue weighted by molar-refractivity contribution is 7.37. The molecule has 81 heavy (non-hydrogen) atoms. The molecule has 8 nitrogen and oxygen atoms in total. The lowest BCUT2D eigenvalue weighted by atomic mass is 10.1. The first kappa shape index (κ1) is 82.8. The number of rotatable bonds is 8. The highest BCUT2D eigenvalue weighted by Crippen LogP contribution is 2.37. The SMILES string of the molecule is C.CC(=O)OC(C)c1c(Cl)ccc(F)c1Cl.CC(=O)O[C@@H](C)c1c(Cl)ccc(F)c1Cl.CC(=O)c1c(Cl)ccc(F)c1Cl.CC(O)c1c(Cl)ccc(F)c1Cl.C[C@@H](O)c1c(Cl)ccc(F)c1Cl.C[C@H](O)c1c(Cl)ccc(F)c1Cl.[S-2].[SH-]. The van der Waals surface area contributed by atoms with Crippen molar-refractivity contribution in [2.75, 3.05) is 0 Å². The molecule has 0 heterocycles. The third-order valence-corrected chi connectivity index (χ3v) is 13.8. The molecule has 450 valence electrons. The van der Waals surface area contributed by atoms with Gasteiger partial charge in [-0.15, -0.1) is 0 Å². The van der Waals surface area contributed by atoms with E-state index in [0.29, 0.717) is 0 Å². The van der Waals surface area contributed by atoms with Gasteiger partial charge in [0, 0.05) is 66.8 Å². The number of carbonyl (C=O) groups excluding carboxylic acids is 3. The fourth-order valence-electron chi connectivity index (χ4n) is 6.07. The van der Waals surface area contributed by atoms with Gasteiger partial charge >= 0.3 is 11.9 Å². The maximum absolute atomic E-state index is 13.1. The summed E-state index contributed by atoms with van der Waals surface area (Å²) < 4.78 is 87.2. The van der Waals surface area contributed by atoms with Gasteiger partial charge in [0.25, 0.3) is 0 Å². The van der Waals surface area contributed by atoms with Gasteiger partial charge in [0.2, 0.25) is 0 Å². The van der Waals surface area contributed by atoms with E-state index < -0.39 is 77.4 Å². The van der Waals surface area contributed by atoms with E-state index in [0.717, 1.165) is 36.4 Å². The Labute approximate surface area is 539 Å². The van der Waals surface area contributed by atoms with E-state index in [-0.39, 0.29) is 134 Å². The molecule has 0 saturated carbocycles. The van der Waals surface area contributed by atoms with Gasteiger partial charge in [0.15, 0.2) is 5.78 Å². The maximum Gasteiger partial charge on any atom is 0.303 e. The molecule has 0 saturated heterocycles. The Balaban J connectivity index is -0.000000897. The van der Waals surface area contributed by atoms with E-state index in [1.165, 1.54) is 77.9 Å². The van der Waals surface area contributed by atoms with Crippen molar-refractivity contribution in [3.8, 4) is 0 Å². The molecule has 0 bridgehead atoms. The summed E-state index contributed by atoms with van der Waals surface area (Å²) in [4.78, 5) is 32.4. The quantitative estimate of drug-likeness (QED) is 0.0341. The molecule has 0 fully saturated rings. The van der Waals surface area contributed by atoms with Crippen LogP contribution in [0.15, 0.2) is 72.8 Å². The number of hydrogen-bond donors (Lipinski definition) is 3. The normalized spacial score (nSPS) is 11.9. The Morgan fingerprint density at radius 1 is 0.370 bits per heavy atom. The molecule has 3 N–H and O–H groups in total. The molecule has 5 atom stereocenters. The first-order valence-corrected chi connectivity index (χ1v) is 26.2. The predicted molar refractivity (Wildman–Crippen MR) is 324 cm³/mol. The first-order chi connectivity index (χ1) is 36.0. The highest BCUT2D eigenvalue weighted by atomic mass is 35.5. The zero-order valence-electron chi connectivity index (χ0n) is 42.4. The maximum atomic E-state index is 13.1. The van der Waals surface area contributed by atoms with Crippen molar-refractivity contribution in [2.45, 2.75) is 93.3 Å². The number of carbonyl (C=O) groups is 3. The second kappa shape index (κ2) is 39.3. The van der Waals surface area contributed by atoms with Crippen molar-refractivity contribution in [1.82, 2.24) is 0 Å². The summed E-state index contributed by atoms with van der Waals surface area (Å²) in [6, 6.07) is 15.1. The molecule has 6 aromatic rings. The van der Waals surface area contributed by atoms with Gasteiger partial charge in [0.1, 0.15) is 47.1 Å². The van der Waals surface area contributed by atoms with E-state index >= 15 is 0 Å². The summed E-state index contributed by atoms with van der Waals surface area (Å²) >= 11 is 68.0. The summed E-state index contributed by atoms with van der Waals surface area (Å²) in [5, 5.41) is 28.3. The van der Waals surface area contributed by atoms with Crippen LogP contribution in [0.1, 0.15) is 132 Å². The number of ketones is 1. The number of ether oxygens (including phenoxy) is 2. The van der Waals surface area contributed by atoms with Crippen molar-refractivity contribution in [1.29, 1.82) is 0 Å². The Hall–Kier alpha value is -2.43. The van der Waals surface area contributed by atoms with Crippen LogP contribution in [0.25, 0.3) is 0 Å². The minimum absolute atomic E-state index is 0. The molecule has 6 rings (SSSR count). The molecule has 0 amide bonds. The van der Waals surface area contributed by atoms with Gasteiger partial charge < -0.3 is 51.8 Å². The van der Waals surface area contributed by atoms with Crippen molar-refractivity contribution >= 4 is 184 Å². The molecule has 0 aromatic heterocycles. The smallest absolute Gasteiger partial charge is 0.303 e. The number of Topliss-reactive ketones (excluding diaryl/α,β-unsaturated/α-hetero) is 1. The third kappa shape index (κ3) is 25.6. The molecule has 0 aliphatic heterocycles. The number of thiol groups is 1. The van der Waals surface area contributed by atoms with Crippen LogP contribution in [-0.2, 0) is 46.1 Å². The van der Waals surface area contributed by atoms with Crippen LogP contribution in [0.2, 0.25) is 60.3 Å². The fraction of sp³-hybridized carbons (Fsp3) is 0.264. The monoisotopic (exact) mass is 1410 g/mol. The summed E-state index contributed by atoms with van der Waals surface area (Å²) in [5.41, 5.74) is 1.32. The van der Waals surface area contributed by atoms with Crippen LogP contribution in [0.5, 0.6) is 0 Å². The molecular formula is C53H49Cl12F6O8S2-3. The van der Waals surface area contributed by atoms with Crippen molar-refractivity contribution < 1.29 is 65.5 Å². The average molecular weight is 1420 g/mol. The number of aliphatic hydroxyl groups excluding tert-OH is 3. The Kier molecular flexibility index (Phi) is 40.2. The number of halogens is 18. The summed E-state index contributed by atoms with van der Waals surface area (Å²) in [6.07, 6.45) is -3.92. The lowest BCUT2D eigenvalue weighted by Crippen LogP contribution is -2.06. The van der Waals surface area contributed by atoms with E-state index in [1.54, 1.807) is 13.8 Å². The Morgan fingerprint density at radius 3 is 0.728 bits per heavy atom. The summed E-state index contributed by atoms with van der Waals surface area (Å²) in [5.74, 6) is -4.82. The average Bonchev–Trinajstić information content (AvgIpc) is 3.32. The second-order valence-corrected chi connectivity index (χ2v) is 20.3. The van der Waals surface area contributed by atoms with Crippen LogP contribution in [0.4, 0.5) is 26.3 Å². The molecule has 2 unspecified atom stereocenters. The topological polar surface area (TPSA) is 130 Å². The van der Waals surface area contributed by atoms with E-state index in [9.17, 15) is 56.0 Å². The zero-order chi connectivity index (χ0) is 60.4. The van der Waals surface area contributed by atoms with Crippen molar-refractivity contribution in [3.05, 3.63) is 201 Å². The zero-order valence-corrected chi connectivity index (χ0v) is 53.1. The van der Waals surface area contributed by atoms with E-state index in [1.807, 2.05) is 0 Å². The second-order valence-electron chi connectivity index (χ2n) is 15.6. The minimum Gasteiger partial charge on any atom is -2.00 e. The molecular weight excluding hydrogens is 1370 g/mol. The molecule has 6 aromatic carbocycles. The lowest BCUT2D eigenvalue weighted by molar-refractivity contribution is -0.146. The standard InChI is InChI=1S/2C10H9Cl2FO2.3C8H7Cl2FO.C8H5Cl2FO.CH4.H2S.S/c2*1-5(15-6(2)14)9-7(11)3-4-8(13)10(9)12;4*1-4(12)7-5(9)2-3-6(11)8(7)10;;;/h2*3-5H,1-2H3;3*2-4,12H,1H3;2-3H,1H3;1H4;1H2;/q;;;;;;;;-2/p-1/t5-;;2*4-;;;;;/m0.10...../s1. The number of aliphatic hydroxyl groups is 3. The van der Waals surface area contributed by atoms with Gasteiger partial charge in [0.05, 0.1) is 59.0 Å². The summed E-state index contributed by atoms with van der Waals surface area (Å²) in [7, 11) is 0. The van der Waals surface area contributed by atoms with Gasteiger partial charge in [-0.2, -0.15) is 0 Å². The fourth-order valence-corrected chi connectivity index (χ4v) is 10.1. The number of benzene rings is 6. The van der Waals surface area contributed by atoms with Crippen LogP contribution in [0.3, 0.4) is 0 Å². The number of hydrogen-bond acceptors (Lipinski definition) is 9. The molecule has 0 radical (unpaired) electrons. The summed E-state index contributed by atoms with van der Waals surface area (Å²) in [6.45, 7) is 11.4. The third-order valence-electron chi connectivity index (χ3n) is 9.55. The van der Waals surface area contributed by atoms with Gasteiger partial charge in [-0.05, 0) is 114 Å². The highest BCUT2D eigenvalue weighted by Gasteiger charge is 2.22. The molecule has 0 aliphatic rings. The van der Waals surface area contributed by atoms with E-state index in [2.05, 4.69) is 0 Å². The van der Waals surface area contributed by atoms with Crippen LogP contribution < -0.4 is 0 Å². The van der Waals surface area contributed by atoms with Gasteiger partial charge in [-0.1, -0.05) is 147 Å². The minimum atomic E-state index is -0.860. The lowest BCUT2D eigenvalue weighted by Gasteiger charge is -2.15. The van der Waals surface area contributed by atoms with Crippen LogP contribution >= 0.6 is 139 Å². The Bertz CT molecular complexity index is 2850. The van der Waals surface area contributed by atoms with E-state index in [4.69, 9.17) is 149 Å². The molecule has 0 spiro atoms. The molecule has 0 aliphatic carbocycles. The molecule has 28 heteroatoms. The van der Waals surface area contributed by atoms with Crippen molar-refractivity contribution in [3.63, 3.8) is 0 Å². The first-order valence-electron chi connectivity index (χ1n) is 21.7. The van der Waals surface area contributed by atoms with Crippen molar-refractivity contribution in [2.24, 2.45) is 0 Å². The van der Waals surface area contributed by atoms with Crippen LogP contribution in [-0.4, -0.2) is 33.0 Å². The van der Waals surface area contributed by atoms with Crippen LogP contribution in [0, 0.1) is 34.9 Å². The van der Waals surface area contributed by atoms with Gasteiger partial charge in [-0.3, -0.25) is 14.4 Å². The predicted octanol–water partition coefficient (Wildman–Crippen LogP) is 20.8.